The summed E-state index contributed by atoms with van der Waals surface area (Å²) >= 11 is 1.44. The molecule has 1 atom stereocenters. The van der Waals surface area contributed by atoms with Crippen LogP contribution in [0.2, 0.25) is 0 Å². The number of nitrogens with zero attached hydrogens (tertiary/aromatic N) is 1. The third-order valence-electron chi connectivity index (χ3n) is 8.04. The molecule has 1 saturated heterocycles. The van der Waals surface area contributed by atoms with Crippen LogP contribution in [-0.4, -0.2) is 53.6 Å². The summed E-state index contributed by atoms with van der Waals surface area (Å²) < 4.78 is 18.4. The van der Waals surface area contributed by atoms with Crippen molar-refractivity contribution in [2.24, 2.45) is 5.92 Å². The molecular weight excluding hydrogens is 610 g/mol. The van der Waals surface area contributed by atoms with E-state index in [2.05, 4.69) is 11.8 Å². The maximum absolute atomic E-state index is 14.1. The molecule has 0 spiro atoms. The SMILES string of the molecule is CC1CCN(CCOc2ccc(C(=O)c3c(-c4ccc(O)cc4)sc4cc(OC(=O)c5ccc(OC(C)(C)C)cc5)ccc34)cc2)C1. The van der Waals surface area contributed by atoms with Crippen LogP contribution in [0, 0.1) is 5.92 Å². The molecule has 7 nitrogen and oxygen atoms in total. The van der Waals surface area contributed by atoms with Crippen molar-refractivity contribution in [1.82, 2.24) is 4.90 Å². The number of benzene rings is 4. The van der Waals surface area contributed by atoms with Crippen LogP contribution in [0.15, 0.2) is 91.0 Å². The summed E-state index contributed by atoms with van der Waals surface area (Å²) in [6.07, 6.45) is 1.23. The second kappa shape index (κ2) is 13.6. The lowest BCUT2D eigenvalue weighted by molar-refractivity contribution is 0.0734. The molecule has 0 saturated carbocycles. The standard InChI is InChI=1S/C39H39NO6S/c1-25-19-20-40(24-25)21-22-44-30-13-7-26(8-14-30)36(42)35-33-18-17-32(23-34(33)47-37(35)27-5-11-29(41)12-6-27)45-38(43)28-9-15-31(16-10-28)46-39(2,3)4/h5-18,23,25,41H,19-22,24H2,1-4H3. The van der Waals surface area contributed by atoms with Crippen molar-refractivity contribution in [1.29, 1.82) is 0 Å². The maximum Gasteiger partial charge on any atom is 0.343 e. The molecule has 2 heterocycles. The molecule has 1 N–H and O–H groups in total. The number of aromatic hydroxyl groups is 1. The Labute approximate surface area is 279 Å². The first-order valence-corrected chi connectivity index (χ1v) is 16.7. The molecular formula is C39H39NO6S. The van der Waals surface area contributed by atoms with Crippen LogP contribution in [0.25, 0.3) is 20.5 Å². The zero-order chi connectivity index (χ0) is 33.1. The van der Waals surface area contributed by atoms with E-state index in [1.54, 1.807) is 72.8 Å². The van der Waals surface area contributed by atoms with Crippen LogP contribution in [0.4, 0.5) is 0 Å². The van der Waals surface area contributed by atoms with Crippen molar-refractivity contribution in [3.63, 3.8) is 0 Å². The lowest BCUT2D eigenvalue weighted by Gasteiger charge is -2.21. The van der Waals surface area contributed by atoms with Gasteiger partial charge in [-0.2, -0.15) is 0 Å². The Morgan fingerprint density at radius 3 is 2.19 bits per heavy atom. The van der Waals surface area contributed by atoms with Gasteiger partial charge in [0.2, 0.25) is 0 Å². The highest BCUT2D eigenvalue weighted by atomic mass is 32.1. The van der Waals surface area contributed by atoms with Crippen molar-refractivity contribution in [2.75, 3.05) is 26.2 Å². The molecule has 1 aliphatic heterocycles. The number of hydrogen-bond donors (Lipinski definition) is 1. The van der Waals surface area contributed by atoms with Gasteiger partial charge in [-0.15, -0.1) is 11.3 Å². The number of ether oxygens (including phenoxy) is 3. The number of hydrogen-bond acceptors (Lipinski definition) is 8. The van der Waals surface area contributed by atoms with E-state index in [1.807, 2.05) is 39.0 Å². The average molecular weight is 650 g/mol. The summed E-state index contributed by atoms with van der Waals surface area (Å²) in [5.41, 5.74) is 1.96. The zero-order valence-corrected chi connectivity index (χ0v) is 27.9. The lowest BCUT2D eigenvalue weighted by atomic mass is 9.97. The molecule has 47 heavy (non-hydrogen) atoms. The van der Waals surface area contributed by atoms with Gasteiger partial charge in [-0.1, -0.05) is 6.92 Å². The number of phenols is 1. The number of carbonyl (C=O) groups is 2. The van der Waals surface area contributed by atoms with E-state index in [0.717, 1.165) is 51.8 Å². The summed E-state index contributed by atoms with van der Waals surface area (Å²) in [7, 11) is 0. The summed E-state index contributed by atoms with van der Waals surface area (Å²) in [5.74, 6) is 2.03. The van der Waals surface area contributed by atoms with Gasteiger partial charge < -0.3 is 19.3 Å². The normalized spacial score (nSPS) is 15.1. The first-order chi connectivity index (χ1) is 22.5. The first kappa shape index (κ1) is 32.3. The van der Waals surface area contributed by atoms with Crippen molar-refractivity contribution in [3.8, 4) is 33.4 Å². The van der Waals surface area contributed by atoms with E-state index in [9.17, 15) is 14.7 Å². The van der Waals surface area contributed by atoms with Crippen LogP contribution in [0.5, 0.6) is 23.0 Å². The van der Waals surface area contributed by atoms with Gasteiger partial charge in [0.05, 0.1) is 5.56 Å². The topological polar surface area (TPSA) is 85.3 Å². The maximum atomic E-state index is 14.1. The van der Waals surface area contributed by atoms with Gasteiger partial charge in [-0.3, -0.25) is 9.69 Å². The molecule has 1 aromatic heterocycles. The fourth-order valence-corrected chi connectivity index (χ4v) is 6.96. The minimum Gasteiger partial charge on any atom is -0.508 e. The molecule has 0 bridgehead atoms. The van der Waals surface area contributed by atoms with Crippen molar-refractivity contribution >= 4 is 33.2 Å². The van der Waals surface area contributed by atoms with Gasteiger partial charge in [0, 0.05) is 39.2 Å². The molecule has 6 rings (SSSR count). The third-order valence-corrected chi connectivity index (χ3v) is 9.25. The Morgan fingerprint density at radius 1 is 0.872 bits per heavy atom. The zero-order valence-electron chi connectivity index (χ0n) is 27.1. The van der Waals surface area contributed by atoms with Gasteiger partial charge in [-0.25, -0.2) is 4.79 Å². The smallest absolute Gasteiger partial charge is 0.343 e. The van der Waals surface area contributed by atoms with Crippen molar-refractivity contribution in [2.45, 2.75) is 39.7 Å². The summed E-state index contributed by atoms with van der Waals surface area (Å²) in [4.78, 5) is 30.3. The van der Waals surface area contributed by atoms with E-state index in [4.69, 9.17) is 14.2 Å². The van der Waals surface area contributed by atoms with Gasteiger partial charge in [0.1, 0.15) is 35.2 Å². The van der Waals surface area contributed by atoms with Crippen LogP contribution in [0.1, 0.15) is 60.4 Å². The van der Waals surface area contributed by atoms with Crippen molar-refractivity contribution < 1.29 is 28.9 Å². The van der Waals surface area contributed by atoms with Gasteiger partial charge in [-0.05, 0) is 136 Å². The number of esters is 1. The van der Waals surface area contributed by atoms with Gasteiger partial charge in [0.15, 0.2) is 5.78 Å². The molecule has 8 heteroatoms. The van der Waals surface area contributed by atoms with Crippen LogP contribution < -0.4 is 14.2 Å². The molecule has 4 aromatic carbocycles. The van der Waals surface area contributed by atoms with Crippen LogP contribution in [0.3, 0.4) is 0 Å². The molecule has 1 unspecified atom stereocenters. The summed E-state index contributed by atoms with van der Waals surface area (Å²) in [6, 6.07) is 26.3. The largest absolute Gasteiger partial charge is 0.508 e. The fraction of sp³-hybridized carbons (Fsp3) is 0.282. The van der Waals surface area contributed by atoms with E-state index < -0.39 is 5.97 Å². The van der Waals surface area contributed by atoms with E-state index in [0.29, 0.717) is 34.8 Å². The van der Waals surface area contributed by atoms with E-state index >= 15 is 0 Å². The number of carbonyl (C=O) groups excluding carboxylic acids is 2. The quantitative estimate of drug-likeness (QED) is 0.0921. The predicted octanol–water partition coefficient (Wildman–Crippen LogP) is 8.62. The first-order valence-electron chi connectivity index (χ1n) is 15.9. The fourth-order valence-electron chi connectivity index (χ4n) is 5.73. The Bertz CT molecular complexity index is 1870. The molecule has 1 aliphatic rings. The summed E-state index contributed by atoms with van der Waals surface area (Å²) in [5, 5.41) is 10.7. The number of ketones is 1. The molecule has 1 fully saturated rings. The molecule has 0 radical (unpaired) electrons. The lowest BCUT2D eigenvalue weighted by Crippen LogP contribution is -2.25. The Balaban J connectivity index is 1.23. The van der Waals surface area contributed by atoms with Crippen molar-refractivity contribution in [3.05, 3.63) is 108 Å². The Kier molecular flexibility index (Phi) is 9.34. The minimum atomic E-state index is -0.490. The van der Waals surface area contributed by atoms with Crippen LogP contribution >= 0.6 is 11.3 Å². The Morgan fingerprint density at radius 2 is 1.53 bits per heavy atom. The average Bonchev–Trinajstić information content (AvgIpc) is 3.63. The van der Waals surface area contributed by atoms with Gasteiger partial charge >= 0.3 is 5.97 Å². The minimum absolute atomic E-state index is 0.126. The highest BCUT2D eigenvalue weighted by Gasteiger charge is 2.23. The second-order valence-corrected chi connectivity index (χ2v) is 14.1. The third kappa shape index (κ3) is 7.84. The molecule has 0 amide bonds. The second-order valence-electron chi connectivity index (χ2n) is 13.0. The number of phenolic OH excluding ortho intramolecular Hbond substituents is 1. The Hall–Kier alpha value is -4.66. The number of fused-ring (bicyclic) bond motifs is 1. The number of thiophene rings is 1. The van der Waals surface area contributed by atoms with Crippen LogP contribution in [-0.2, 0) is 0 Å². The molecule has 0 aliphatic carbocycles. The number of likely N-dealkylation sites (tertiary alicyclic amines) is 1. The highest BCUT2D eigenvalue weighted by molar-refractivity contribution is 7.22. The molecule has 242 valence electrons. The number of rotatable bonds is 10. The van der Waals surface area contributed by atoms with E-state index in [-0.39, 0.29) is 17.1 Å². The highest BCUT2D eigenvalue weighted by Crippen LogP contribution is 2.42. The van der Waals surface area contributed by atoms with E-state index in [1.165, 1.54) is 17.8 Å². The monoisotopic (exact) mass is 649 g/mol. The summed E-state index contributed by atoms with van der Waals surface area (Å²) in [6.45, 7) is 11.9. The molecule has 5 aromatic rings. The predicted molar refractivity (Wildman–Crippen MR) is 186 cm³/mol. The van der Waals surface area contributed by atoms with Gasteiger partial charge in [0.25, 0.3) is 0 Å².